The molecule has 1 aromatic heterocycles. The van der Waals surface area contributed by atoms with Crippen LogP contribution in [-0.2, 0) is 12.0 Å². The fourth-order valence-corrected chi connectivity index (χ4v) is 3.13. The molecule has 0 fully saturated rings. The highest BCUT2D eigenvalue weighted by Gasteiger charge is 2.26. The van der Waals surface area contributed by atoms with Gasteiger partial charge in [-0.25, -0.2) is 0 Å². The predicted molar refractivity (Wildman–Crippen MR) is 80.4 cm³/mol. The Balaban J connectivity index is 2.81. The molecule has 0 bridgehead atoms. The first-order chi connectivity index (χ1) is 8.34. The summed E-state index contributed by atoms with van der Waals surface area (Å²) in [5, 5.41) is 4.88. The van der Waals surface area contributed by atoms with Crippen LogP contribution in [0.25, 0.3) is 11.0 Å². The smallest absolute Gasteiger partial charge is 0.153 e. The second kappa shape index (κ2) is 4.87. The third-order valence-corrected chi connectivity index (χ3v) is 3.61. The number of fused-ring (bicyclic) bond motifs is 1. The average molecular weight is 331 g/mol. The molecule has 0 atom stereocenters. The van der Waals surface area contributed by atoms with Gasteiger partial charge < -0.3 is 9.73 Å². The zero-order valence-electron chi connectivity index (χ0n) is 11.0. The summed E-state index contributed by atoms with van der Waals surface area (Å²) in [6.45, 7) is 7.26. The van der Waals surface area contributed by atoms with E-state index in [4.69, 9.17) is 16.0 Å². The van der Waals surface area contributed by atoms with Gasteiger partial charge in [-0.1, -0.05) is 48.3 Å². The van der Waals surface area contributed by atoms with Crippen molar-refractivity contribution in [3.63, 3.8) is 0 Å². The molecule has 1 aromatic carbocycles. The first-order valence-electron chi connectivity index (χ1n) is 5.90. The van der Waals surface area contributed by atoms with Crippen molar-refractivity contribution in [1.82, 2.24) is 5.32 Å². The third kappa shape index (κ3) is 2.44. The number of hydrogen-bond acceptors (Lipinski definition) is 2. The van der Waals surface area contributed by atoms with E-state index >= 15 is 0 Å². The van der Waals surface area contributed by atoms with Crippen molar-refractivity contribution in [3.05, 3.63) is 33.0 Å². The van der Waals surface area contributed by atoms with Crippen LogP contribution in [0.5, 0.6) is 0 Å². The maximum absolute atomic E-state index is 6.25. The number of nitrogens with one attached hydrogen (secondary N) is 1. The van der Waals surface area contributed by atoms with Crippen LogP contribution in [0.3, 0.4) is 0 Å². The molecular weight excluding hydrogens is 314 g/mol. The summed E-state index contributed by atoms with van der Waals surface area (Å²) >= 11 is 9.74. The van der Waals surface area contributed by atoms with Crippen molar-refractivity contribution in [2.24, 2.45) is 0 Å². The van der Waals surface area contributed by atoms with Crippen LogP contribution in [0, 0.1) is 0 Å². The second-order valence-corrected chi connectivity index (χ2v) is 6.77. The molecule has 0 aliphatic heterocycles. The van der Waals surface area contributed by atoms with Gasteiger partial charge in [-0.2, -0.15) is 0 Å². The average Bonchev–Trinajstić information content (AvgIpc) is 2.56. The molecule has 0 unspecified atom stereocenters. The Morgan fingerprint density at radius 3 is 2.56 bits per heavy atom. The van der Waals surface area contributed by atoms with Gasteiger partial charge >= 0.3 is 0 Å². The number of hydrogen-bond donors (Lipinski definition) is 1. The number of furan rings is 1. The molecule has 2 rings (SSSR count). The van der Waals surface area contributed by atoms with Crippen LogP contribution in [0.1, 0.15) is 32.1 Å². The van der Waals surface area contributed by atoms with E-state index in [2.05, 4.69) is 48.1 Å². The molecule has 4 heteroatoms. The monoisotopic (exact) mass is 329 g/mol. The normalized spacial score (nSPS) is 12.3. The Hall–Kier alpha value is -0.510. The van der Waals surface area contributed by atoms with Gasteiger partial charge in [0.15, 0.2) is 5.58 Å². The van der Waals surface area contributed by atoms with Gasteiger partial charge in [-0.15, -0.1) is 0 Å². The van der Waals surface area contributed by atoms with Crippen LogP contribution >= 0.6 is 27.5 Å². The Morgan fingerprint density at radius 1 is 1.33 bits per heavy atom. The molecule has 2 nitrogen and oxygen atoms in total. The maximum Gasteiger partial charge on any atom is 0.153 e. The zero-order valence-corrected chi connectivity index (χ0v) is 13.4. The fourth-order valence-electron chi connectivity index (χ4n) is 2.28. The standard InChI is InChI=1S/C14H17BrClNO/c1-14(2,3)12-9-5-8(15)6-10(16)13(9)18-11(12)7-17-4/h5-6,17H,7H2,1-4H3. The third-order valence-electron chi connectivity index (χ3n) is 2.87. The summed E-state index contributed by atoms with van der Waals surface area (Å²) in [4.78, 5) is 0. The number of rotatable bonds is 2. The Kier molecular flexibility index (Phi) is 3.77. The first-order valence-corrected chi connectivity index (χ1v) is 7.07. The number of halogens is 2. The molecule has 0 aliphatic rings. The van der Waals surface area contributed by atoms with Crippen molar-refractivity contribution < 1.29 is 4.42 Å². The van der Waals surface area contributed by atoms with Crippen molar-refractivity contribution in [2.45, 2.75) is 32.7 Å². The summed E-state index contributed by atoms with van der Waals surface area (Å²) in [6, 6.07) is 3.94. The lowest BCUT2D eigenvalue weighted by Gasteiger charge is -2.19. The SMILES string of the molecule is CNCc1oc2c(Cl)cc(Br)cc2c1C(C)(C)C. The van der Waals surface area contributed by atoms with E-state index in [1.165, 1.54) is 5.56 Å². The molecule has 0 spiro atoms. The van der Waals surface area contributed by atoms with Crippen molar-refractivity contribution in [3.8, 4) is 0 Å². The molecule has 0 saturated carbocycles. The quantitative estimate of drug-likeness (QED) is 0.850. The van der Waals surface area contributed by atoms with E-state index in [9.17, 15) is 0 Å². The lowest BCUT2D eigenvalue weighted by molar-refractivity contribution is 0.495. The summed E-state index contributed by atoms with van der Waals surface area (Å²) in [6.07, 6.45) is 0. The maximum atomic E-state index is 6.25. The van der Waals surface area contributed by atoms with E-state index < -0.39 is 0 Å². The number of benzene rings is 1. The molecule has 1 N–H and O–H groups in total. The minimum absolute atomic E-state index is 0.0154. The molecule has 0 saturated heterocycles. The van der Waals surface area contributed by atoms with E-state index in [1.54, 1.807) is 0 Å². The molecule has 0 aliphatic carbocycles. The van der Waals surface area contributed by atoms with Gasteiger partial charge in [-0.05, 0) is 24.6 Å². The van der Waals surface area contributed by atoms with Gasteiger partial charge in [0.05, 0.1) is 11.6 Å². The Morgan fingerprint density at radius 2 is 2.00 bits per heavy atom. The lowest BCUT2D eigenvalue weighted by Crippen LogP contribution is -2.15. The highest BCUT2D eigenvalue weighted by atomic mass is 79.9. The summed E-state index contributed by atoms with van der Waals surface area (Å²) in [5.74, 6) is 0.958. The topological polar surface area (TPSA) is 25.2 Å². The Bertz CT molecular complexity index is 583. The van der Waals surface area contributed by atoms with Crippen LogP contribution in [0.15, 0.2) is 21.0 Å². The van der Waals surface area contributed by atoms with Crippen LogP contribution in [0.4, 0.5) is 0 Å². The van der Waals surface area contributed by atoms with Crippen molar-refractivity contribution in [2.75, 3.05) is 7.05 Å². The van der Waals surface area contributed by atoms with Gasteiger partial charge in [-0.3, -0.25) is 0 Å². The van der Waals surface area contributed by atoms with E-state index in [1.807, 2.05) is 13.1 Å². The summed E-state index contributed by atoms with van der Waals surface area (Å²) in [7, 11) is 1.91. The Labute approximate surface area is 121 Å². The highest BCUT2D eigenvalue weighted by Crippen LogP contribution is 2.39. The molecule has 0 radical (unpaired) electrons. The molecule has 98 valence electrons. The largest absolute Gasteiger partial charge is 0.458 e. The summed E-state index contributed by atoms with van der Waals surface area (Å²) < 4.78 is 6.91. The minimum Gasteiger partial charge on any atom is -0.458 e. The molecule has 2 aromatic rings. The van der Waals surface area contributed by atoms with Gasteiger partial charge in [0.2, 0.25) is 0 Å². The van der Waals surface area contributed by atoms with E-state index in [-0.39, 0.29) is 5.41 Å². The van der Waals surface area contributed by atoms with Gasteiger partial charge in [0.1, 0.15) is 5.76 Å². The van der Waals surface area contributed by atoms with Crippen LogP contribution in [-0.4, -0.2) is 7.05 Å². The molecule has 1 heterocycles. The lowest BCUT2D eigenvalue weighted by atomic mass is 9.85. The summed E-state index contributed by atoms with van der Waals surface area (Å²) in [5.41, 5.74) is 2.01. The van der Waals surface area contributed by atoms with E-state index in [0.717, 1.165) is 21.2 Å². The molecule has 18 heavy (non-hydrogen) atoms. The minimum atomic E-state index is 0.0154. The van der Waals surface area contributed by atoms with Gasteiger partial charge in [0, 0.05) is 15.4 Å². The van der Waals surface area contributed by atoms with E-state index in [0.29, 0.717) is 11.6 Å². The van der Waals surface area contributed by atoms with Crippen LogP contribution < -0.4 is 5.32 Å². The second-order valence-electron chi connectivity index (χ2n) is 5.44. The van der Waals surface area contributed by atoms with Crippen molar-refractivity contribution >= 4 is 38.5 Å². The fraction of sp³-hybridized carbons (Fsp3) is 0.429. The van der Waals surface area contributed by atoms with Gasteiger partial charge in [0.25, 0.3) is 0 Å². The zero-order chi connectivity index (χ0) is 13.5. The first kappa shape index (κ1) is 13.9. The highest BCUT2D eigenvalue weighted by molar-refractivity contribution is 9.10. The molecular formula is C14H17BrClNO. The molecule has 0 amide bonds. The predicted octanol–water partition coefficient (Wildman–Crippen LogP) is 4.87. The van der Waals surface area contributed by atoms with Crippen molar-refractivity contribution in [1.29, 1.82) is 0 Å². The van der Waals surface area contributed by atoms with Crippen LogP contribution in [0.2, 0.25) is 5.02 Å².